The highest BCUT2D eigenvalue weighted by Crippen LogP contribution is 2.25. The van der Waals surface area contributed by atoms with Crippen molar-refractivity contribution in [3.63, 3.8) is 0 Å². The van der Waals surface area contributed by atoms with Gasteiger partial charge in [-0.25, -0.2) is 13.6 Å². The number of primary sulfonamides is 1. The molecule has 1 saturated carbocycles. The van der Waals surface area contributed by atoms with Crippen molar-refractivity contribution in [1.29, 1.82) is 0 Å². The molecule has 122 valence electrons. The SMILES string of the molecule is Cc1ccc(S(N)(=O)=O)cc1C(=O)NCCC1CCCCC1. The van der Waals surface area contributed by atoms with E-state index in [2.05, 4.69) is 5.32 Å². The molecule has 0 spiro atoms. The normalized spacial score (nSPS) is 16.5. The number of hydrogen-bond donors (Lipinski definition) is 2. The Bertz CT molecular complexity index is 635. The van der Waals surface area contributed by atoms with Crippen LogP contribution in [0.25, 0.3) is 0 Å². The third-order valence-corrected chi connectivity index (χ3v) is 5.26. The van der Waals surface area contributed by atoms with Gasteiger partial charge in [0.25, 0.3) is 5.91 Å². The van der Waals surface area contributed by atoms with Crippen molar-refractivity contribution in [2.24, 2.45) is 11.1 Å². The molecule has 0 heterocycles. The minimum absolute atomic E-state index is 0.0319. The summed E-state index contributed by atoms with van der Waals surface area (Å²) in [6.07, 6.45) is 7.37. The van der Waals surface area contributed by atoms with Crippen molar-refractivity contribution in [3.05, 3.63) is 29.3 Å². The first-order chi connectivity index (χ1) is 10.4. The Morgan fingerprint density at radius 3 is 2.59 bits per heavy atom. The van der Waals surface area contributed by atoms with Crippen LogP contribution in [0.5, 0.6) is 0 Å². The Morgan fingerprint density at radius 2 is 1.95 bits per heavy atom. The van der Waals surface area contributed by atoms with E-state index in [1.54, 1.807) is 13.0 Å². The third-order valence-electron chi connectivity index (χ3n) is 4.35. The fraction of sp³-hybridized carbons (Fsp3) is 0.562. The maximum absolute atomic E-state index is 12.2. The molecule has 6 heteroatoms. The molecule has 1 amide bonds. The molecular formula is C16H24N2O3S. The molecule has 1 aliphatic carbocycles. The number of carbonyl (C=O) groups excluding carboxylic acids is 1. The number of amides is 1. The molecule has 1 aliphatic rings. The largest absolute Gasteiger partial charge is 0.352 e. The van der Waals surface area contributed by atoms with Gasteiger partial charge < -0.3 is 5.32 Å². The van der Waals surface area contributed by atoms with E-state index in [0.29, 0.717) is 18.0 Å². The minimum atomic E-state index is -3.79. The Labute approximate surface area is 132 Å². The summed E-state index contributed by atoms with van der Waals surface area (Å²) >= 11 is 0. The van der Waals surface area contributed by atoms with Crippen LogP contribution in [0.3, 0.4) is 0 Å². The quantitative estimate of drug-likeness (QED) is 0.871. The van der Waals surface area contributed by atoms with Gasteiger partial charge in [0.15, 0.2) is 0 Å². The topological polar surface area (TPSA) is 89.3 Å². The second kappa shape index (κ2) is 7.24. The van der Waals surface area contributed by atoms with E-state index < -0.39 is 10.0 Å². The number of aryl methyl sites for hydroxylation is 1. The molecule has 0 unspecified atom stereocenters. The highest BCUT2D eigenvalue weighted by atomic mass is 32.2. The van der Waals surface area contributed by atoms with Crippen LogP contribution in [-0.4, -0.2) is 20.9 Å². The predicted octanol–water partition coefficient (Wildman–Crippen LogP) is 2.34. The van der Waals surface area contributed by atoms with Gasteiger partial charge in [0.2, 0.25) is 10.0 Å². The monoisotopic (exact) mass is 324 g/mol. The lowest BCUT2D eigenvalue weighted by molar-refractivity contribution is 0.0949. The van der Waals surface area contributed by atoms with Crippen LogP contribution in [0.1, 0.15) is 54.4 Å². The lowest BCUT2D eigenvalue weighted by atomic mass is 9.87. The van der Waals surface area contributed by atoms with Crippen molar-refractivity contribution in [1.82, 2.24) is 5.32 Å². The minimum Gasteiger partial charge on any atom is -0.352 e. The number of benzene rings is 1. The summed E-state index contributed by atoms with van der Waals surface area (Å²) in [5.74, 6) is 0.463. The maximum atomic E-state index is 12.2. The van der Waals surface area contributed by atoms with Crippen LogP contribution in [0.2, 0.25) is 0 Å². The molecule has 2 rings (SSSR count). The van der Waals surface area contributed by atoms with E-state index in [1.165, 1.54) is 44.2 Å². The Hall–Kier alpha value is -1.40. The lowest BCUT2D eigenvalue weighted by Gasteiger charge is -2.21. The van der Waals surface area contributed by atoms with E-state index in [0.717, 1.165) is 12.0 Å². The molecule has 1 aromatic rings. The molecule has 0 atom stereocenters. The van der Waals surface area contributed by atoms with Crippen LogP contribution in [0, 0.1) is 12.8 Å². The number of nitrogens with one attached hydrogen (secondary N) is 1. The van der Waals surface area contributed by atoms with Gasteiger partial charge in [0.05, 0.1) is 4.90 Å². The van der Waals surface area contributed by atoms with Crippen LogP contribution < -0.4 is 10.5 Å². The fourth-order valence-corrected chi connectivity index (χ4v) is 3.52. The zero-order valence-corrected chi connectivity index (χ0v) is 13.8. The lowest BCUT2D eigenvalue weighted by Crippen LogP contribution is -2.27. The Morgan fingerprint density at radius 1 is 1.27 bits per heavy atom. The van der Waals surface area contributed by atoms with E-state index in [-0.39, 0.29) is 10.8 Å². The molecule has 0 aromatic heterocycles. The van der Waals surface area contributed by atoms with E-state index in [1.807, 2.05) is 0 Å². The van der Waals surface area contributed by atoms with Crippen LogP contribution >= 0.6 is 0 Å². The van der Waals surface area contributed by atoms with Gasteiger partial charge in [-0.15, -0.1) is 0 Å². The zero-order chi connectivity index (χ0) is 16.2. The molecular weight excluding hydrogens is 300 g/mol. The number of hydrogen-bond acceptors (Lipinski definition) is 3. The van der Waals surface area contributed by atoms with Crippen molar-refractivity contribution in [3.8, 4) is 0 Å². The molecule has 22 heavy (non-hydrogen) atoms. The second-order valence-corrected chi connectivity index (χ2v) is 7.63. The summed E-state index contributed by atoms with van der Waals surface area (Å²) in [7, 11) is -3.79. The Kier molecular flexibility index (Phi) is 5.58. The highest BCUT2D eigenvalue weighted by Gasteiger charge is 2.16. The standard InChI is InChI=1S/C16H24N2O3S/c1-12-7-8-14(22(17,20)21)11-15(12)16(19)18-10-9-13-5-3-2-4-6-13/h7-8,11,13H,2-6,9-10H2,1H3,(H,18,19)(H2,17,20,21). The molecule has 5 nitrogen and oxygen atoms in total. The molecule has 0 radical (unpaired) electrons. The van der Waals surface area contributed by atoms with Gasteiger partial charge >= 0.3 is 0 Å². The molecule has 0 bridgehead atoms. The van der Waals surface area contributed by atoms with E-state index in [9.17, 15) is 13.2 Å². The van der Waals surface area contributed by atoms with Gasteiger partial charge in [-0.2, -0.15) is 0 Å². The predicted molar refractivity (Wildman–Crippen MR) is 86.1 cm³/mol. The van der Waals surface area contributed by atoms with Gasteiger partial charge in [0.1, 0.15) is 0 Å². The van der Waals surface area contributed by atoms with Gasteiger partial charge in [-0.1, -0.05) is 38.2 Å². The van der Waals surface area contributed by atoms with Crippen LogP contribution in [0.4, 0.5) is 0 Å². The summed E-state index contributed by atoms with van der Waals surface area (Å²) in [5.41, 5.74) is 1.11. The summed E-state index contributed by atoms with van der Waals surface area (Å²) in [6, 6.07) is 4.37. The first kappa shape index (κ1) is 17.0. The summed E-state index contributed by atoms with van der Waals surface area (Å²) in [6.45, 7) is 2.41. The third kappa shape index (κ3) is 4.55. The molecule has 1 aromatic carbocycles. The second-order valence-electron chi connectivity index (χ2n) is 6.07. The molecule has 1 fully saturated rings. The smallest absolute Gasteiger partial charge is 0.251 e. The average Bonchev–Trinajstić information content (AvgIpc) is 2.47. The molecule has 3 N–H and O–H groups in total. The average molecular weight is 324 g/mol. The van der Waals surface area contributed by atoms with Crippen LogP contribution in [0.15, 0.2) is 23.1 Å². The first-order valence-corrected chi connectivity index (χ1v) is 9.34. The number of rotatable bonds is 5. The Balaban J connectivity index is 1.97. The highest BCUT2D eigenvalue weighted by molar-refractivity contribution is 7.89. The summed E-state index contributed by atoms with van der Waals surface area (Å²) in [4.78, 5) is 12.2. The van der Waals surface area contributed by atoms with Crippen molar-refractivity contribution < 1.29 is 13.2 Å². The summed E-state index contributed by atoms with van der Waals surface area (Å²) in [5, 5.41) is 8.01. The van der Waals surface area contributed by atoms with E-state index in [4.69, 9.17) is 5.14 Å². The van der Waals surface area contributed by atoms with Gasteiger partial charge in [-0.3, -0.25) is 4.79 Å². The maximum Gasteiger partial charge on any atom is 0.251 e. The van der Waals surface area contributed by atoms with Crippen molar-refractivity contribution >= 4 is 15.9 Å². The first-order valence-electron chi connectivity index (χ1n) is 7.79. The zero-order valence-electron chi connectivity index (χ0n) is 13.0. The van der Waals surface area contributed by atoms with Gasteiger partial charge in [-0.05, 0) is 37.0 Å². The number of nitrogens with two attached hydrogens (primary N) is 1. The number of sulfonamides is 1. The fourth-order valence-electron chi connectivity index (χ4n) is 2.98. The van der Waals surface area contributed by atoms with E-state index >= 15 is 0 Å². The van der Waals surface area contributed by atoms with Crippen LogP contribution in [-0.2, 0) is 10.0 Å². The molecule has 0 aliphatic heterocycles. The molecule has 0 saturated heterocycles. The number of carbonyl (C=O) groups is 1. The van der Waals surface area contributed by atoms with Gasteiger partial charge in [0, 0.05) is 12.1 Å². The van der Waals surface area contributed by atoms with Crippen molar-refractivity contribution in [2.45, 2.75) is 50.3 Å². The van der Waals surface area contributed by atoms with Crippen molar-refractivity contribution in [2.75, 3.05) is 6.54 Å². The summed E-state index contributed by atoms with van der Waals surface area (Å²) < 4.78 is 22.8.